The first-order valence-electron chi connectivity index (χ1n) is 5.77. The van der Waals surface area contributed by atoms with Gasteiger partial charge in [-0.25, -0.2) is 9.59 Å². The lowest BCUT2D eigenvalue weighted by Crippen LogP contribution is -2.50. The SMILES string of the molecule is CCN(CC(=O)OC)C(=O)N[C@@H](CC(=O)OC)C(=O)O. The van der Waals surface area contributed by atoms with Crippen molar-refractivity contribution in [2.75, 3.05) is 27.3 Å². The van der Waals surface area contributed by atoms with Crippen LogP contribution in [0.5, 0.6) is 0 Å². The van der Waals surface area contributed by atoms with E-state index in [1.807, 2.05) is 0 Å². The number of urea groups is 1. The Labute approximate surface area is 115 Å². The third kappa shape index (κ3) is 6.03. The summed E-state index contributed by atoms with van der Waals surface area (Å²) in [5, 5.41) is 11.1. The molecule has 0 spiro atoms. The summed E-state index contributed by atoms with van der Waals surface area (Å²) in [6, 6.07) is -2.21. The molecule has 9 nitrogen and oxygen atoms in total. The van der Waals surface area contributed by atoms with Gasteiger partial charge in [-0.05, 0) is 6.92 Å². The van der Waals surface area contributed by atoms with Gasteiger partial charge in [0.2, 0.25) is 0 Å². The Morgan fingerprint density at radius 1 is 1.15 bits per heavy atom. The molecule has 0 aliphatic carbocycles. The molecule has 0 aliphatic rings. The molecule has 0 aromatic heterocycles. The van der Waals surface area contributed by atoms with Crippen LogP contribution in [0.25, 0.3) is 0 Å². The third-order valence-electron chi connectivity index (χ3n) is 2.41. The minimum absolute atomic E-state index is 0.172. The number of nitrogens with zero attached hydrogens (tertiary/aromatic N) is 1. The van der Waals surface area contributed by atoms with Crippen LogP contribution in [0.2, 0.25) is 0 Å². The lowest BCUT2D eigenvalue weighted by Gasteiger charge is -2.22. The number of methoxy groups -OCH3 is 2. The number of carbonyl (C=O) groups excluding carboxylic acids is 3. The molecule has 114 valence electrons. The van der Waals surface area contributed by atoms with E-state index in [0.717, 1.165) is 12.0 Å². The monoisotopic (exact) mass is 290 g/mol. The first-order valence-corrected chi connectivity index (χ1v) is 5.77. The Morgan fingerprint density at radius 3 is 2.10 bits per heavy atom. The maximum absolute atomic E-state index is 11.8. The van der Waals surface area contributed by atoms with Crippen LogP contribution in [0.15, 0.2) is 0 Å². The number of hydrogen-bond donors (Lipinski definition) is 2. The Balaban J connectivity index is 4.67. The van der Waals surface area contributed by atoms with Crippen molar-refractivity contribution in [2.24, 2.45) is 0 Å². The second-order valence-electron chi connectivity index (χ2n) is 3.71. The van der Waals surface area contributed by atoms with Crippen molar-refractivity contribution >= 4 is 23.9 Å². The molecule has 2 amide bonds. The van der Waals surface area contributed by atoms with E-state index in [4.69, 9.17) is 5.11 Å². The largest absolute Gasteiger partial charge is 0.480 e. The van der Waals surface area contributed by atoms with Crippen LogP contribution in [0.4, 0.5) is 4.79 Å². The van der Waals surface area contributed by atoms with E-state index >= 15 is 0 Å². The van der Waals surface area contributed by atoms with Crippen molar-refractivity contribution in [3.63, 3.8) is 0 Å². The van der Waals surface area contributed by atoms with Crippen LogP contribution in [0.3, 0.4) is 0 Å². The molecule has 0 radical (unpaired) electrons. The van der Waals surface area contributed by atoms with Crippen LogP contribution in [-0.4, -0.2) is 67.3 Å². The van der Waals surface area contributed by atoms with E-state index in [1.165, 1.54) is 7.11 Å². The van der Waals surface area contributed by atoms with Crippen molar-refractivity contribution in [1.29, 1.82) is 0 Å². The smallest absolute Gasteiger partial charge is 0.326 e. The standard InChI is InChI=1S/C11H18N2O7/c1-4-13(6-9(15)20-3)11(18)12-7(10(16)17)5-8(14)19-2/h7H,4-6H2,1-3H3,(H,12,18)(H,16,17)/t7-/m0/s1. The zero-order valence-electron chi connectivity index (χ0n) is 11.5. The highest BCUT2D eigenvalue weighted by atomic mass is 16.5. The zero-order chi connectivity index (χ0) is 15.7. The van der Waals surface area contributed by atoms with E-state index in [0.29, 0.717) is 0 Å². The highest BCUT2D eigenvalue weighted by molar-refractivity contribution is 5.87. The minimum atomic E-state index is -1.43. The van der Waals surface area contributed by atoms with Crippen molar-refractivity contribution in [1.82, 2.24) is 10.2 Å². The Hall–Kier alpha value is -2.32. The predicted molar refractivity (Wildman–Crippen MR) is 65.9 cm³/mol. The fraction of sp³-hybridized carbons (Fsp3) is 0.636. The predicted octanol–water partition coefficient (Wildman–Crippen LogP) is -0.793. The van der Waals surface area contributed by atoms with Crippen molar-refractivity contribution < 1.29 is 33.8 Å². The molecule has 0 rings (SSSR count). The van der Waals surface area contributed by atoms with Gasteiger partial charge in [0.25, 0.3) is 0 Å². The first-order chi connectivity index (χ1) is 9.35. The van der Waals surface area contributed by atoms with Gasteiger partial charge in [-0.15, -0.1) is 0 Å². The lowest BCUT2D eigenvalue weighted by atomic mass is 10.2. The maximum atomic E-state index is 11.8. The molecule has 0 aromatic rings. The summed E-state index contributed by atoms with van der Waals surface area (Å²) >= 11 is 0. The van der Waals surface area contributed by atoms with Crippen LogP contribution in [-0.2, 0) is 23.9 Å². The summed E-state index contributed by atoms with van der Waals surface area (Å²) in [7, 11) is 2.28. The van der Waals surface area contributed by atoms with Gasteiger partial charge in [-0.3, -0.25) is 9.59 Å². The van der Waals surface area contributed by atoms with Crippen LogP contribution < -0.4 is 5.32 Å². The average Bonchev–Trinajstić information content (AvgIpc) is 2.42. The molecule has 0 saturated carbocycles. The van der Waals surface area contributed by atoms with Gasteiger partial charge in [0.1, 0.15) is 12.6 Å². The number of hydrogen-bond acceptors (Lipinski definition) is 6. The van der Waals surface area contributed by atoms with Gasteiger partial charge in [0.15, 0.2) is 0 Å². The van der Waals surface area contributed by atoms with E-state index in [2.05, 4.69) is 14.8 Å². The minimum Gasteiger partial charge on any atom is -0.480 e. The molecule has 1 atom stereocenters. The Kier molecular flexibility index (Phi) is 7.71. The van der Waals surface area contributed by atoms with Gasteiger partial charge in [-0.2, -0.15) is 0 Å². The first kappa shape index (κ1) is 17.7. The summed E-state index contributed by atoms with van der Waals surface area (Å²) in [6.45, 7) is 1.47. The average molecular weight is 290 g/mol. The molecule has 0 aromatic carbocycles. The number of aliphatic carboxylic acids is 1. The van der Waals surface area contributed by atoms with Gasteiger partial charge in [0, 0.05) is 6.54 Å². The lowest BCUT2D eigenvalue weighted by molar-refractivity contribution is -0.147. The zero-order valence-corrected chi connectivity index (χ0v) is 11.5. The van der Waals surface area contributed by atoms with Crippen LogP contribution in [0.1, 0.15) is 13.3 Å². The maximum Gasteiger partial charge on any atom is 0.326 e. The number of nitrogens with one attached hydrogen (secondary N) is 1. The molecular weight excluding hydrogens is 272 g/mol. The molecule has 0 heterocycles. The molecule has 2 N–H and O–H groups in total. The highest BCUT2D eigenvalue weighted by Gasteiger charge is 2.26. The number of carbonyl (C=O) groups is 4. The highest BCUT2D eigenvalue weighted by Crippen LogP contribution is 1.98. The number of ether oxygens (including phenoxy) is 2. The quantitative estimate of drug-likeness (QED) is 0.589. The number of amides is 2. The number of carboxylic acids is 1. The topological polar surface area (TPSA) is 122 Å². The molecule has 9 heteroatoms. The summed E-state index contributed by atoms with van der Waals surface area (Å²) in [6.07, 6.45) is -0.507. The molecule has 0 fully saturated rings. The van der Waals surface area contributed by atoms with Crippen molar-refractivity contribution in [3.05, 3.63) is 0 Å². The summed E-state index contributed by atoms with van der Waals surface area (Å²) in [5.74, 6) is -2.78. The fourth-order valence-corrected chi connectivity index (χ4v) is 1.24. The van der Waals surface area contributed by atoms with Crippen LogP contribution in [0, 0.1) is 0 Å². The second-order valence-corrected chi connectivity index (χ2v) is 3.71. The second kappa shape index (κ2) is 8.73. The number of carboxylic acid groups (broad SMARTS) is 1. The summed E-state index contributed by atoms with van der Waals surface area (Å²) < 4.78 is 8.76. The van der Waals surface area contributed by atoms with E-state index in [1.54, 1.807) is 6.92 Å². The molecule has 20 heavy (non-hydrogen) atoms. The van der Waals surface area contributed by atoms with E-state index in [9.17, 15) is 19.2 Å². The van der Waals surface area contributed by atoms with Crippen molar-refractivity contribution in [2.45, 2.75) is 19.4 Å². The summed E-state index contributed by atoms with van der Waals surface area (Å²) in [4.78, 5) is 45.9. The number of rotatable bonds is 7. The number of esters is 2. The Bertz CT molecular complexity index is 383. The van der Waals surface area contributed by atoms with Gasteiger partial charge >= 0.3 is 23.9 Å². The number of likely N-dealkylation sites (N-methyl/N-ethyl adjacent to an activating group) is 1. The third-order valence-corrected chi connectivity index (χ3v) is 2.41. The molecule has 0 aliphatic heterocycles. The van der Waals surface area contributed by atoms with Crippen LogP contribution >= 0.6 is 0 Å². The van der Waals surface area contributed by atoms with Gasteiger partial charge < -0.3 is 24.8 Å². The molecule has 0 saturated heterocycles. The normalized spacial score (nSPS) is 11.2. The summed E-state index contributed by atoms with van der Waals surface area (Å²) in [5.41, 5.74) is 0. The van der Waals surface area contributed by atoms with E-state index in [-0.39, 0.29) is 13.1 Å². The molecule has 0 bridgehead atoms. The molecule has 0 unspecified atom stereocenters. The van der Waals surface area contributed by atoms with Gasteiger partial charge in [0.05, 0.1) is 20.6 Å². The van der Waals surface area contributed by atoms with Gasteiger partial charge in [-0.1, -0.05) is 0 Å². The Morgan fingerprint density at radius 2 is 1.70 bits per heavy atom. The molecular formula is C11H18N2O7. The van der Waals surface area contributed by atoms with E-state index < -0.39 is 36.4 Å². The fourth-order valence-electron chi connectivity index (χ4n) is 1.24. The van der Waals surface area contributed by atoms with Crippen molar-refractivity contribution in [3.8, 4) is 0 Å².